The summed E-state index contributed by atoms with van der Waals surface area (Å²) in [7, 11) is 1.62. The SMILES string of the molecule is COc1ccc(C(=O)NC2CC2)cc1/C=C/c1ccc(Cl)cc1. The Morgan fingerprint density at radius 1 is 1.17 bits per heavy atom. The Morgan fingerprint density at radius 3 is 2.57 bits per heavy atom. The Bertz CT molecular complexity index is 734. The fourth-order valence-corrected chi connectivity index (χ4v) is 2.39. The van der Waals surface area contributed by atoms with Crippen LogP contribution in [0, 0.1) is 0 Å². The Kier molecular flexibility index (Phi) is 4.68. The Morgan fingerprint density at radius 2 is 1.91 bits per heavy atom. The largest absolute Gasteiger partial charge is 0.496 e. The number of halogens is 1. The third-order valence-corrected chi connectivity index (χ3v) is 3.98. The fourth-order valence-electron chi connectivity index (χ4n) is 2.26. The predicted molar refractivity (Wildman–Crippen MR) is 93.9 cm³/mol. The molecular weight excluding hydrogens is 310 g/mol. The lowest BCUT2D eigenvalue weighted by Gasteiger charge is -2.08. The first kappa shape index (κ1) is 15.6. The van der Waals surface area contributed by atoms with E-state index >= 15 is 0 Å². The van der Waals surface area contributed by atoms with Crippen molar-refractivity contribution in [1.29, 1.82) is 0 Å². The molecule has 0 aliphatic heterocycles. The molecule has 0 heterocycles. The number of carbonyl (C=O) groups excluding carboxylic acids is 1. The van der Waals surface area contributed by atoms with Crippen LogP contribution in [0.15, 0.2) is 42.5 Å². The Balaban J connectivity index is 1.83. The zero-order valence-electron chi connectivity index (χ0n) is 12.9. The highest BCUT2D eigenvalue weighted by Crippen LogP contribution is 2.24. The van der Waals surface area contributed by atoms with Crippen molar-refractivity contribution >= 4 is 29.7 Å². The number of benzene rings is 2. The second-order valence-electron chi connectivity index (χ2n) is 5.59. The van der Waals surface area contributed by atoms with Crippen LogP contribution in [0.25, 0.3) is 12.2 Å². The summed E-state index contributed by atoms with van der Waals surface area (Å²) in [5.41, 5.74) is 2.55. The molecular formula is C19H18ClNO2. The number of ether oxygens (including phenoxy) is 1. The summed E-state index contributed by atoms with van der Waals surface area (Å²) < 4.78 is 5.38. The standard InChI is InChI=1S/C19H18ClNO2/c1-23-18-11-6-15(19(22)21-17-9-10-17)12-14(18)5-2-13-3-7-16(20)8-4-13/h2-8,11-12,17H,9-10H2,1H3,(H,21,22)/b5-2+. The maximum absolute atomic E-state index is 12.2. The van der Waals surface area contributed by atoms with Gasteiger partial charge in [0.25, 0.3) is 5.91 Å². The van der Waals surface area contributed by atoms with E-state index in [9.17, 15) is 4.79 Å². The Hall–Kier alpha value is -2.26. The van der Waals surface area contributed by atoms with Gasteiger partial charge in [-0.2, -0.15) is 0 Å². The first-order valence-electron chi connectivity index (χ1n) is 7.58. The van der Waals surface area contributed by atoms with Crippen LogP contribution in [0.5, 0.6) is 5.75 Å². The van der Waals surface area contributed by atoms with Crippen molar-refractivity contribution in [2.24, 2.45) is 0 Å². The molecule has 0 radical (unpaired) electrons. The van der Waals surface area contributed by atoms with E-state index in [0.717, 1.165) is 29.7 Å². The molecule has 3 rings (SSSR count). The predicted octanol–water partition coefficient (Wildman–Crippen LogP) is 4.41. The van der Waals surface area contributed by atoms with Crippen molar-refractivity contribution in [2.75, 3.05) is 7.11 Å². The van der Waals surface area contributed by atoms with Crippen LogP contribution < -0.4 is 10.1 Å². The van der Waals surface area contributed by atoms with Gasteiger partial charge in [-0.05, 0) is 48.7 Å². The molecule has 3 nitrogen and oxygen atoms in total. The normalized spacial score (nSPS) is 14.0. The zero-order chi connectivity index (χ0) is 16.2. The maximum atomic E-state index is 12.2. The van der Waals surface area contributed by atoms with Gasteiger partial charge in [0.15, 0.2) is 0 Å². The van der Waals surface area contributed by atoms with Crippen LogP contribution >= 0.6 is 11.6 Å². The molecule has 1 saturated carbocycles. The molecule has 0 atom stereocenters. The van der Waals surface area contributed by atoms with E-state index in [4.69, 9.17) is 16.3 Å². The molecule has 0 saturated heterocycles. The minimum Gasteiger partial charge on any atom is -0.496 e. The smallest absolute Gasteiger partial charge is 0.251 e. The lowest BCUT2D eigenvalue weighted by Crippen LogP contribution is -2.25. The van der Waals surface area contributed by atoms with Crippen LogP contribution in [-0.4, -0.2) is 19.1 Å². The quantitative estimate of drug-likeness (QED) is 0.826. The molecule has 0 spiro atoms. The zero-order valence-corrected chi connectivity index (χ0v) is 13.6. The summed E-state index contributed by atoms with van der Waals surface area (Å²) in [5, 5.41) is 3.70. The van der Waals surface area contributed by atoms with Crippen LogP contribution in [0.1, 0.15) is 34.3 Å². The van der Waals surface area contributed by atoms with Crippen molar-refractivity contribution in [3.05, 3.63) is 64.2 Å². The summed E-state index contributed by atoms with van der Waals surface area (Å²) in [6, 6.07) is 13.4. The number of hydrogen-bond donors (Lipinski definition) is 1. The van der Waals surface area contributed by atoms with Crippen molar-refractivity contribution in [1.82, 2.24) is 5.32 Å². The molecule has 23 heavy (non-hydrogen) atoms. The van der Waals surface area contributed by atoms with Gasteiger partial charge in [0.05, 0.1) is 7.11 Å². The molecule has 1 fully saturated rings. The summed E-state index contributed by atoms with van der Waals surface area (Å²) in [6.45, 7) is 0. The van der Waals surface area contributed by atoms with Gasteiger partial charge in [-0.25, -0.2) is 0 Å². The molecule has 118 valence electrons. The summed E-state index contributed by atoms with van der Waals surface area (Å²) in [4.78, 5) is 12.2. The van der Waals surface area contributed by atoms with E-state index in [1.807, 2.05) is 48.6 Å². The van der Waals surface area contributed by atoms with Crippen molar-refractivity contribution in [3.63, 3.8) is 0 Å². The van der Waals surface area contributed by atoms with Crippen molar-refractivity contribution < 1.29 is 9.53 Å². The van der Waals surface area contributed by atoms with Gasteiger partial charge in [0.1, 0.15) is 5.75 Å². The molecule has 1 N–H and O–H groups in total. The topological polar surface area (TPSA) is 38.3 Å². The van der Waals surface area contributed by atoms with Crippen molar-refractivity contribution in [3.8, 4) is 5.75 Å². The third kappa shape index (κ3) is 4.14. The molecule has 1 amide bonds. The number of methoxy groups -OCH3 is 1. The van der Waals surface area contributed by atoms with Crippen LogP contribution in [0.4, 0.5) is 0 Å². The maximum Gasteiger partial charge on any atom is 0.251 e. The third-order valence-electron chi connectivity index (χ3n) is 3.73. The molecule has 0 bridgehead atoms. The van der Waals surface area contributed by atoms with E-state index in [0.29, 0.717) is 16.6 Å². The summed E-state index contributed by atoms with van der Waals surface area (Å²) in [5.74, 6) is 0.703. The van der Waals surface area contributed by atoms with Crippen LogP contribution in [0.2, 0.25) is 5.02 Å². The number of carbonyl (C=O) groups is 1. The van der Waals surface area contributed by atoms with E-state index in [1.165, 1.54) is 0 Å². The van der Waals surface area contributed by atoms with Gasteiger partial charge in [-0.1, -0.05) is 35.9 Å². The van der Waals surface area contributed by atoms with E-state index in [-0.39, 0.29) is 5.91 Å². The first-order valence-corrected chi connectivity index (χ1v) is 7.96. The fraction of sp³-hybridized carbons (Fsp3) is 0.211. The molecule has 1 aliphatic carbocycles. The molecule has 2 aromatic rings. The van der Waals surface area contributed by atoms with Gasteiger partial charge in [0.2, 0.25) is 0 Å². The molecule has 1 aliphatic rings. The van der Waals surface area contributed by atoms with Gasteiger partial charge < -0.3 is 10.1 Å². The van der Waals surface area contributed by atoms with Crippen molar-refractivity contribution in [2.45, 2.75) is 18.9 Å². The first-order chi connectivity index (χ1) is 11.2. The Labute approximate surface area is 140 Å². The second kappa shape index (κ2) is 6.88. The van der Waals surface area contributed by atoms with E-state index in [2.05, 4.69) is 5.32 Å². The number of nitrogens with one attached hydrogen (secondary N) is 1. The molecule has 0 aromatic heterocycles. The highest BCUT2D eigenvalue weighted by Gasteiger charge is 2.23. The van der Waals surface area contributed by atoms with E-state index < -0.39 is 0 Å². The minimum atomic E-state index is -0.0312. The average molecular weight is 328 g/mol. The molecule has 0 unspecified atom stereocenters. The molecule has 2 aromatic carbocycles. The lowest BCUT2D eigenvalue weighted by molar-refractivity contribution is 0.0951. The summed E-state index contributed by atoms with van der Waals surface area (Å²) >= 11 is 5.89. The van der Waals surface area contributed by atoms with E-state index in [1.54, 1.807) is 13.2 Å². The van der Waals surface area contributed by atoms with Gasteiger partial charge >= 0.3 is 0 Å². The highest BCUT2D eigenvalue weighted by atomic mass is 35.5. The minimum absolute atomic E-state index is 0.0312. The monoisotopic (exact) mass is 327 g/mol. The second-order valence-corrected chi connectivity index (χ2v) is 6.03. The van der Waals surface area contributed by atoms with Crippen LogP contribution in [-0.2, 0) is 0 Å². The van der Waals surface area contributed by atoms with Crippen LogP contribution in [0.3, 0.4) is 0 Å². The highest BCUT2D eigenvalue weighted by molar-refractivity contribution is 6.30. The molecule has 4 heteroatoms. The number of amides is 1. The lowest BCUT2D eigenvalue weighted by atomic mass is 10.1. The van der Waals surface area contributed by atoms with Gasteiger partial charge in [-0.15, -0.1) is 0 Å². The number of rotatable bonds is 5. The van der Waals surface area contributed by atoms with Gasteiger partial charge in [-0.3, -0.25) is 4.79 Å². The summed E-state index contributed by atoms with van der Waals surface area (Å²) in [6.07, 6.45) is 6.06. The van der Waals surface area contributed by atoms with Gasteiger partial charge in [0, 0.05) is 22.2 Å². The number of hydrogen-bond acceptors (Lipinski definition) is 2. The average Bonchev–Trinajstić information content (AvgIpc) is 3.38.